The zero-order valence-corrected chi connectivity index (χ0v) is 10.9. The molecule has 1 aromatic rings. The molecule has 1 aliphatic heterocycles. The minimum absolute atomic E-state index is 0.120. The van der Waals surface area contributed by atoms with Gasteiger partial charge in [-0.2, -0.15) is 0 Å². The Morgan fingerprint density at radius 2 is 1.76 bits per heavy atom. The van der Waals surface area contributed by atoms with E-state index in [0.717, 1.165) is 23.1 Å². The van der Waals surface area contributed by atoms with Crippen LogP contribution in [-0.4, -0.2) is 27.8 Å². The third kappa shape index (κ3) is 2.88. The van der Waals surface area contributed by atoms with Gasteiger partial charge in [-0.1, -0.05) is 0 Å². The molecule has 0 saturated carbocycles. The molecular weight excluding hydrogens is 280 g/mol. The van der Waals surface area contributed by atoms with Crippen LogP contribution < -0.4 is 4.90 Å². The van der Waals surface area contributed by atoms with Crippen LogP contribution in [0.15, 0.2) is 18.2 Å². The molecule has 0 atom stereocenters. The number of hydrogen-bond acceptors (Lipinski definition) is 5. The Balaban J connectivity index is 2.55. The number of hydrogen-bond donors (Lipinski definition) is 1. The van der Waals surface area contributed by atoms with Crippen LogP contribution in [0.5, 0.6) is 0 Å². The highest BCUT2D eigenvalue weighted by atomic mass is 16.6. The molecule has 2 amide bonds. The lowest BCUT2D eigenvalue weighted by Crippen LogP contribution is -2.36. The molecule has 110 valence electrons. The molecule has 1 aromatic carbocycles. The van der Waals surface area contributed by atoms with Gasteiger partial charge in [0.05, 0.1) is 16.2 Å². The molecule has 0 radical (unpaired) electrons. The number of non-ortho nitro benzene ring substituents is 1. The van der Waals surface area contributed by atoms with Crippen molar-refractivity contribution < 1.29 is 24.4 Å². The molecule has 1 heterocycles. The van der Waals surface area contributed by atoms with Crippen molar-refractivity contribution in [3.8, 4) is 0 Å². The highest BCUT2D eigenvalue weighted by Gasteiger charge is 2.30. The summed E-state index contributed by atoms with van der Waals surface area (Å²) in [7, 11) is 0. The molecule has 0 spiro atoms. The zero-order chi connectivity index (χ0) is 15.6. The quantitative estimate of drug-likeness (QED) is 0.515. The molecule has 1 aliphatic rings. The molecule has 0 aliphatic carbocycles. The van der Waals surface area contributed by atoms with Crippen molar-refractivity contribution in [3.05, 3.63) is 33.9 Å². The van der Waals surface area contributed by atoms with Gasteiger partial charge in [0.15, 0.2) is 0 Å². The van der Waals surface area contributed by atoms with Gasteiger partial charge >= 0.3 is 5.97 Å². The molecular formula is C13H12N2O6. The maximum atomic E-state index is 12.0. The summed E-state index contributed by atoms with van der Waals surface area (Å²) < 4.78 is 0. The van der Waals surface area contributed by atoms with E-state index >= 15 is 0 Å². The lowest BCUT2D eigenvalue weighted by atomic mass is 10.1. The van der Waals surface area contributed by atoms with Gasteiger partial charge < -0.3 is 5.11 Å². The summed E-state index contributed by atoms with van der Waals surface area (Å²) in [5, 5.41) is 19.9. The van der Waals surface area contributed by atoms with E-state index in [0.29, 0.717) is 12.8 Å². The second-order valence-corrected chi connectivity index (χ2v) is 4.59. The van der Waals surface area contributed by atoms with Crippen LogP contribution in [0.1, 0.15) is 36.0 Å². The van der Waals surface area contributed by atoms with Crippen molar-refractivity contribution in [1.82, 2.24) is 0 Å². The Morgan fingerprint density at radius 3 is 2.24 bits per heavy atom. The number of carboxylic acids is 1. The first-order chi connectivity index (χ1) is 9.91. The van der Waals surface area contributed by atoms with E-state index in [1.807, 2.05) is 0 Å². The standard InChI is InChI=1S/C13H12N2O6/c16-11-3-1-2-4-12(17)14(11)10-6-5-8(15(20)21)7-9(10)13(18)19/h5-7H,1-4H2,(H,18,19). The molecule has 2 rings (SSSR count). The van der Waals surface area contributed by atoms with Gasteiger partial charge in [-0.3, -0.25) is 19.7 Å². The lowest BCUT2D eigenvalue weighted by Gasteiger charge is -2.20. The molecule has 1 N–H and O–H groups in total. The maximum absolute atomic E-state index is 12.0. The summed E-state index contributed by atoms with van der Waals surface area (Å²) in [6.07, 6.45) is 1.39. The van der Waals surface area contributed by atoms with Gasteiger partial charge in [0.2, 0.25) is 11.8 Å². The fourth-order valence-corrected chi connectivity index (χ4v) is 2.19. The van der Waals surface area contributed by atoms with Crippen LogP contribution >= 0.6 is 0 Å². The third-order valence-corrected chi connectivity index (χ3v) is 3.19. The summed E-state index contributed by atoms with van der Waals surface area (Å²) in [5.41, 5.74) is -0.969. The summed E-state index contributed by atoms with van der Waals surface area (Å²) >= 11 is 0. The van der Waals surface area contributed by atoms with Crippen LogP contribution in [0, 0.1) is 10.1 Å². The number of carbonyl (C=O) groups is 3. The van der Waals surface area contributed by atoms with E-state index in [1.165, 1.54) is 0 Å². The second-order valence-electron chi connectivity index (χ2n) is 4.59. The summed E-state index contributed by atoms with van der Waals surface area (Å²) in [6, 6.07) is 3.05. The molecule has 0 bridgehead atoms. The fraction of sp³-hybridized carbons (Fsp3) is 0.308. The zero-order valence-electron chi connectivity index (χ0n) is 10.9. The van der Waals surface area contributed by atoms with Crippen molar-refractivity contribution in [2.45, 2.75) is 25.7 Å². The average molecular weight is 292 g/mol. The Kier molecular flexibility index (Phi) is 3.97. The van der Waals surface area contributed by atoms with Crippen molar-refractivity contribution in [2.75, 3.05) is 4.90 Å². The van der Waals surface area contributed by atoms with Crippen LogP contribution in [-0.2, 0) is 9.59 Å². The van der Waals surface area contributed by atoms with Crippen LogP contribution in [0.25, 0.3) is 0 Å². The largest absolute Gasteiger partial charge is 0.478 e. The fourth-order valence-electron chi connectivity index (χ4n) is 2.19. The number of rotatable bonds is 3. The number of aromatic carboxylic acids is 1. The van der Waals surface area contributed by atoms with Crippen LogP contribution in [0.4, 0.5) is 11.4 Å². The van der Waals surface area contributed by atoms with Gasteiger partial charge in [0.25, 0.3) is 5.69 Å². The number of amides is 2. The monoisotopic (exact) mass is 292 g/mol. The van der Waals surface area contributed by atoms with E-state index in [-0.39, 0.29) is 18.5 Å². The molecule has 0 aromatic heterocycles. The topological polar surface area (TPSA) is 118 Å². The SMILES string of the molecule is O=C(O)c1cc([N+](=O)[O-])ccc1N1C(=O)CCCCC1=O. The Labute approximate surface area is 119 Å². The van der Waals surface area contributed by atoms with Gasteiger partial charge in [-0.15, -0.1) is 0 Å². The number of anilines is 1. The number of nitrogens with zero attached hydrogens (tertiary/aromatic N) is 2. The van der Waals surface area contributed by atoms with E-state index in [4.69, 9.17) is 0 Å². The summed E-state index contributed by atoms with van der Waals surface area (Å²) in [6.45, 7) is 0. The van der Waals surface area contributed by atoms with Gasteiger partial charge in [-0.25, -0.2) is 9.69 Å². The van der Waals surface area contributed by atoms with E-state index < -0.39 is 34.0 Å². The number of carbonyl (C=O) groups excluding carboxylic acids is 2. The first-order valence-corrected chi connectivity index (χ1v) is 6.29. The summed E-state index contributed by atoms with van der Waals surface area (Å²) in [4.78, 5) is 46.1. The maximum Gasteiger partial charge on any atom is 0.338 e. The third-order valence-electron chi connectivity index (χ3n) is 3.19. The number of nitro benzene ring substituents is 1. The molecule has 1 saturated heterocycles. The van der Waals surface area contributed by atoms with Crippen molar-refractivity contribution in [3.63, 3.8) is 0 Å². The minimum atomic E-state index is -1.43. The molecule has 8 heteroatoms. The molecule has 1 fully saturated rings. The van der Waals surface area contributed by atoms with Crippen molar-refractivity contribution in [1.29, 1.82) is 0 Å². The minimum Gasteiger partial charge on any atom is -0.478 e. The first-order valence-electron chi connectivity index (χ1n) is 6.29. The predicted octanol–water partition coefficient (Wildman–Crippen LogP) is 1.73. The van der Waals surface area contributed by atoms with Crippen molar-refractivity contribution in [2.24, 2.45) is 0 Å². The Hall–Kier alpha value is -2.77. The molecule has 0 unspecified atom stereocenters. The van der Waals surface area contributed by atoms with Crippen LogP contribution in [0.2, 0.25) is 0 Å². The number of nitro groups is 1. The molecule has 8 nitrogen and oxygen atoms in total. The summed E-state index contributed by atoms with van der Waals surface area (Å²) in [5.74, 6) is -2.42. The van der Waals surface area contributed by atoms with Gasteiger partial charge in [-0.05, 0) is 18.9 Å². The lowest BCUT2D eigenvalue weighted by molar-refractivity contribution is -0.384. The average Bonchev–Trinajstić information content (AvgIpc) is 2.59. The number of imide groups is 1. The second kappa shape index (κ2) is 5.70. The van der Waals surface area contributed by atoms with Gasteiger partial charge in [0, 0.05) is 25.0 Å². The first kappa shape index (κ1) is 14.6. The van der Waals surface area contributed by atoms with Crippen LogP contribution in [0.3, 0.4) is 0 Å². The van der Waals surface area contributed by atoms with E-state index in [1.54, 1.807) is 0 Å². The number of carboxylic acid groups (broad SMARTS) is 1. The smallest absolute Gasteiger partial charge is 0.338 e. The Bertz CT molecular complexity index is 622. The molecule has 21 heavy (non-hydrogen) atoms. The van der Waals surface area contributed by atoms with Gasteiger partial charge in [0.1, 0.15) is 0 Å². The van der Waals surface area contributed by atoms with Crippen molar-refractivity contribution >= 4 is 29.2 Å². The highest BCUT2D eigenvalue weighted by molar-refractivity contribution is 6.18. The Morgan fingerprint density at radius 1 is 1.19 bits per heavy atom. The number of benzene rings is 1. The van der Waals surface area contributed by atoms with E-state index in [9.17, 15) is 29.6 Å². The normalized spacial score (nSPS) is 15.7. The van der Waals surface area contributed by atoms with E-state index in [2.05, 4.69) is 0 Å². The predicted molar refractivity (Wildman–Crippen MR) is 71.0 cm³/mol. The highest BCUT2D eigenvalue weighted by Crippen LogP contribution is 2.28.